The first-order valence-electron chi connectivity index (χ1n) is 5.30. The molecular weight excluding hydrogens is 224 g/mol. The van der Waals surface area contributed by atoms with Crippen LogP contribution in [0, 0.1) is 0 Å². The first-order valence-corrected chi connectivity index (χ1v) is 5.30. The van der Waals surface area contributed by atoms with Gasteiger partial charge >= 0.3 is 6.16 Å². The molecule has 1 aromatic rings. The Morgan fingerprint density at radius 1 is 1.29 bits per heavy atom. The average molecular weight is 240 g/mol. The van der Waals surface area contributed by atoms with E-state index in [4.69, 9.17) is 14.6 Å². The Balaban J connectivity index is 2.48. The number of methoxy groups -OCH3 is 1. The molecule has 0 spiro atoms. The molecule has 0 saturated carbocycles. The highest BCUT2D eigenvalue weighted by atomic mass is 16.7. The average Bonchev–Trinajstić information content (AvgIpc) is 2.37. The molecule has 1 aromatic carbocycles. The second-order valence-electron chi connectivity index (χ2n) is 3.23. The molecule has 0 unspecified atom stereocenters. The lowest BCUT2D eigenvalue weighted by Gasteiger charge is -2.10. The van der Waals surface area contributed by atoms with Crippen LogP contribution in [0.1, 0.15) is 5.56 Å². The summed E-state index contributed by atoms with van der Waals surface area (Å²) in [6.07, 6.45) is -0.157. The molecule has 0 atom stereocenters. The van der Waals surface area contributed by atoms with Crippen molar-refractivity contribution in [1.29, 1.82) is 0 Å². The number of aliphatic hydroxyl groups excluding tert-OH is 1. The van der Waals surface area contributed by atoms with Gasteiger partial charge in [0.05, 0.1) is 20.3 Å². The summed E-state index contributed by atoms with van der Waals surface area (Å²) in [5.74, 6) is 0.690. The third-order valence-corrected chi connectivity index (χ3v) is 2.08. The molecule has 17 heavy (non-hydrogen) atoms. The first kappa shape index (κ1) is 13.3. The fourth-order valence-corrected chi connectivity index (χ4v) is 1.31. The second kappa shape index (κ2) is 7.51. The Hall–Kier alpha value is -1.75. The molecule has 94 valence electrons. The lowest BCUT2D eigenvalue weighted by Crippen LogP contribution is -2.09. The van der Waals surface area contributed by atoms with E-state index in [1.54, 1.807) is 0 Å². The molecule has 0 saturated heterocycles. The van der Waals surface area contributed by atoms with E-state index in [9.17, 15) is 4.79 Å². The summed E-state index contributed by atoms with van der Waals surface area (Å²) in [6.45, 7) is 0.439. The number of carbonyl (C=O) groups excluding carboxylic acids is 1. The number of para-hydroxylation sites is 1. The molecule has 0 aliphatic rings. The van der Waals surface area contributed by atoms with E-state index >= 15 is 0 Å². The molecule has 1 rings (SSSR count). The molecular formula is C12H16O5. The molecule has 0 heterocycles. The topological polar surface area (TPSA) is 65.0 Å². The smallest absolute Gasteiger partial charge is 0.491 e. The number of ether oxygens (including phenoxy) is 3. The third-order valence-electron chi connectivity index (χ3n) is 2.08. The van der Waals surface area contributed by atoms with Crippen molar-refractivity contribution in [2.24, 2.45) is 0 Å². The van der Waals surface area contributed by atoms with Gasteiger partial charge in [-0.1, -0.05) is 18.2 Å². The van der Waals surface area contributed by atoms with Crippen molar-refractivity contribution in [3.8, 4) is 5.75 Å². The minimum absolute atomic E-state index is 0.0347. The molecule has 0 aromatic heterocycles. The highest BCUT2D eigenvalue weighted by Gasteiger charge is 2.05. The fraction of sp³-hybridized carbons (Fsp3) is 0.417. The monoisotopic (exact) mass is 240 g/mol. The van der Waals surface area contributed by atoms with E-state index in [0.29, 0.717) is 12.2 Å². The molecule has 1 N–H and O–H groups in total. The maximum Gasteiger partial charge on any atom is 0.507 e. The van der Waals surface area contributed by atoms with E-state index in [-0.39, 0.29) is 19.8 Å². The van der Waals surface area contributed by atoms with Crippen LogP contribution in [-0.4, -0.2) is 38.2 Å². The highest BCUT2D eigenvalue weighted by molar-refractivity contribution is 5.59. The predicted molar refractivity (Wildman–Crippen MR) is 61.1 cm³/mol. The summed E-state index contributed by atoms with van der Waals surface area (Å²) < 4.78 is 14.5. The third kappa shape index (κ3) is 4.74. The van der Waals surface area contributed by atoms with Gasteiger partial charge in [0, 0.05) is 6.42 Å². The van der Waals surface area contributed by atoms with Crippen molar-refractivity contribution in [2.45, 2.75) is 6.42 Å². The van der Waals surface area contributed by atoms with E-state index in [0.717, 1.165) is 5.56 Å². The van der Waals surface area contributed by atoms with Gasteiger partial charge in [-0.25, -0.2) is 4.79 Å². The zero-order valence-electron chi connectivity index (χ0n) is 9.72. The predicted octanol–water partition coefficient (Wildman–Crippen LogP) is 1.38. The van der Waals surface area contributed by atoms with Gasteiger partial charge in [0.15, 0.2) is 0 Å². The summed E-state index contributed by atoms with van der Waals surface area (Å²) in [6, 6.07) is 7.41. The van der Waals surface area contributed by atoms with Crippen LogP contribution in [0.3, 0.4) is 0 Å². The number of carbonyl (C=O) groups is 1. The van der Waals surface area contributed by atoms with E-state index in [1.165, 1.54) is 7.11 Å². The minimum Gasteiger partial charge on any atom is -0.491 e. The van der Waals surface area contributed by atoms with Crippen molar-refractivity contribution in [3.05, 3.63) is 29.8 Å². The number of aliphatic hydroxyl groups is 1. The summed E-state index contributed by atoms with van der Waals surface area (Å²) in [5.41, 5.74) is 0.921. The van der Waals surface area contributed by atoms with E-state index in [2.05, 4.69) is 4.74 Å². The summed E-state index contributed by atoms with van der Waals surface area (Å²) in [4.78, 5) is 10.8. The Kier molecular flexibility index (Phi) is 5.88. The van der Waals surface area contributed by atoms with E-state index < -0.39 is 6.16 Å². The highest BCUT2D eigenvalue weighted by Crippen LogP contribution is 2.18. The maximum absolute atomic E-state index is 10.8. The lowest BCUT2D eigenvalue weighted by atomic mass is 10.1. The molecule has 5 heteroatoms. The van der Waals surface area contributed by atoms with Crippen LogP contribution in [0.2, 0.25) is 0 Å². The number of hydrogen-bond donors (Lipinski definition) is 1. The van der Waals surface area contributed by atoms with Crippen LogP contribution >= 0.6 is 0 Å². The van der Waals surface area contributed by atoms with Crippen molar-refractivity contribution in [2.75, 3.05) is 26.9 Å². The summed E-state index contributed by atoms with van der Waals surface area (Å²) in [5, 5.41) is 8.69. The Labute approximate surface area is 99.9 Å². The van der Waals surface area contributed by atoms with Crippen LogP contribution in [0.4, 0.5) is 4.79 Å². The molecule has 0 fully saturated rings. The molecule has 0 aliphatic carbocycles. The Morgan fingerprint density at radius 3 is 2.76 bits per heavy atom. The van der Waals surface area contributed by atoms with Crippen molar-refractivity contribution in [1.82, 2.24) is 0 Å². The van der Waals surface area contributed by atoms with Gasteiger partial charge < -0.3 is 19.3 Å². The van der Waals surface area contributed by atoms with Crippen LogP contribution in [0.5, 0.6) is 5.75 Å². The largest absolute Gasteiger partial charge is 0.507 e. The second-order valence-corrected chi connectivity index (χ2v) is 3.23. The Bertz CT molecular complexity index is 351. The quantitative estimate of drug-likeness (QED) is 0.761. The van der Waals surface area contributed by atoms with Crippen LogP contribution in [0.15, 0.2) is 24.3 Å². The summed E-state index contributed by atoms with van der Waals surface area (Å²) >= 11 is 0. The van der Waals surface area contributed by atoms with Gasteiger partial charge in [0.25, 0.3) is 0 Å². The fourth-order valence-electron chi connectivity index (χ4n) is 1.31. The number of rotatable bonds is 6. The maximum atomic E-state index is 10.8. The molecule has 0 bridgehead atoms. The van der Waals surface area contributed by atoms with Crippen LogP contribution in [-0.2, 0) is 15.9 Å². The number of hydrogen-bond acceptors (Lipinski definition) is 5. The van der Waals surface area contributed by atoms with Gasteiger partial charge in [-0.3, -0.25) is 0 Å². The minimum atomic E-state index is -0.696. The van der Waals surface area contributed by atoms with Gasteiger partial charge in [-0.05, 0) is 11.6 Å². The Morgan fingerprint density at radius 2 is 2.06 bits per heavy atom. The van der Waals surface area contributed by atoms with Crippen molar-refractivity contribution < 1.29 is 24.1 Å². The van der Waals surface area contributed by atoms with Gasteiger partial charge in [-0.15, -0.1) is 0 Å². The molecule has 5 nitrogen and oxygen atoms in total. The van der Waals surface area contributed by atoms with Gasteiger partial charge in [-0.2, -0.15) is 0 Å². The zero-order chi connectivity index (χ0) is 12.5. The number of benzene rings is 1. The van der Waals surface area contributed by atoms with Crippen LogP contribution in [0.25, 0.3) is 0 Å². The van der Waals surface area contributed by atoms with Gasteiger partial charge in [0.2, 0.25) is 0 Å². The van der Waals surface area contributed by atoms with Crippen molar-refractivity contribution >= 4 is 6.16 Å². The SMILES string of the molecule is COC(=O)OCCc1ccccc1OCCO. The molecule has 0 radical (unpaired) electrons. The first-order chi connectivity index (χ1) is 8.27. The summed E-state index contributed by atoms with van der Waals surface area (Å²) in [7, 11) is 1.26. The molecule has 0 aliphatic heterocycles. The molecule has 0 amide bonds. The van der Waals surface area contributed by atoms with Gasteiger partial charge in [0.1, 0.15) is 12.4 Å². The van der Waals surface area contributed by atoms with Crippen molar-refractivity contribution in [3.63, 3.8) is 0 Å². The van der Waals surface area contributed by atoms with E-state index in [1.807, 2.05) is 24.3 Å². The normalized spacial score (nSPS) is 9.76. The lowest BCUT2D eigenvalue weighted by molar-refractivity contribution is 0.0735. The standard InChI is InChI=1S/C12H16O5/c1-15-12(14)17-8-6-10-4-2-3-5-11(10)16-9-7-13/h2-5,13H,6-9H2,1H3. The van der Waals surface area contributed by atoms with Crippen LogP contribution < -0.4 is 4.74 Å². The zero-order valence-corrected chi connectivity index (χ0v) is 9.72.